The number of sulfone groups is 1. The van der Waals surface area contributed by atoms with Crippen molar-refractivity contribution >= 4 is 15.5 Å². The van der Waals surface area contributed by atoms with Crippen LogP contribution in [0.25, 0.3) is 0 Å². The van der Waals surface area contributed by atoms with Crippen molar-refractivity contribution in [1.82, 2.24) is 0 Å². The van der Waals surface area contributed by atoms with Crippen LogP contribution in [0.4, 0.5) is 5.69 Å². The van der Waals surface area contributed by atoms with Gasteiger partial charge in [0.1, 0.15) is 0 Å². The Morgan fingerprint density at radius 2 is 2.16 bits per heavy atom. The number of nitrogens with one attached hydrogen (secondary N) is 1. The zero-order valence-electron chi connectivity index (χ0n) is 11.4. The fraction of sp³-hybridized carbons (Fsp3) is 0.571. The molecule has 0 radical (unpaired) electrons. The molecule has 5 heteroatoms. The Morgan fingerprint density at radius 3 is 2.84 bits per heavy atom. The summed E-state index contributed by atoms with van der Waals surface area (Å²) >= 11 is 0. The molecule has 1 fully saturated rings. The van der Waals surface area contributed by atoms with E-state index in [-0.39, 0.29) is 11.3 Å². The van der Waals surface area contributed by atoms with Crippen molar-refractivity contribution in [2.45, 2.75) is 37.2 Å². The van der Waals surface area contributed by atoms with Gasteiger partial charge in [-0.2, -0.15) is 0 Å². The van der Waals surface area contributed by atoms with Gasteiger partial charge >= 0.3 is 0 Å². The van der Waals surface area contributed by atoms with E-state index in [0.29, 0.717) is 6.61 Å². The van der Waals surface area contributed by atoms with Crippen LogP contribution in [-0.4, -0.2) is 33.1 Å². The summed E-state index contributed by atoms with van der Waals surface area (Å²) in [7, 11) is -1.32. The maximum absolute atomic E-state index is 11.7. The minimum Gasteiger partial charge on any atom is -0.381 e. The van der Waals surface area contributed by atoms with E-state index in [2.05, 4.69) is 5.32 Å². The molecule has 0 amide bonds. The number of anilines is 1. The number of methoxy groups -OCH3 is 1. The second kappa shape index (κ2) is 5.92. The van der Waals surface area contributed by atoms with Gasteiger partial charge < -0.3 is 10.1 Å². The molecule has 19 heavy (non-hydrogen) atoms. The maximum atomic E-state index is 11.7. The lowest BCUT2D eigenvalue weighted by molar-refractivity contribution is 0.185. The highest BCUT2D eigenvalue weighted by Gasteiger charge is 2.34. The van der Waals surface area contributed by atoms with Crippen molar-refractivity contribution in [3.63, 3.8) is 0 Å². The molecule has 0 spiro atoms. The number of hydrogen-bond donors (Lipinski definition) is 1. The van der Waals surface area contributed by atoms with Gasteiger partial charge in [0.2, 0.25) is 0 Å². The number of benzene rings is 1. The van der Waals surface area contributed by atoms with E-state index in [4.69, 9.17) is 4.74 Å². The van der Waals surface area contributed by atoms with Crippen LogP contribution in [0.3, 0.4) is 0 Å². The molecule has 2 rings (SSSR count). The Kier molecular flexibility index (Phi) is 4.47. The molecule has 0 heterocycles. The van der Waals surface area contributed by atoms with Gasteiger partial charge in [-0.1, -0.05) is 12.1 Å². The quantitative estimate of drug-likeness (QED) is 0.900. The highest BCUT2D eigenvalue weighted by molar-refractivity contribution is 7.91. The van der Waals surface area contributed by atoms with E-state index in [9.17, 15) is 8.42 Å². The first-order valence-electron chi connectivity index (χ1n) is 6.54. The van der Waals surface area contributed by atoms with Crippen molar-refractivity contribution in [2.75, 3.05) is 18.7 Å². The lowest BCUT2D eigenvalue weighted by Crippen LogP contribution is -2.34. The van der Waals surface area contributed by atoms with E-state index in [0.717, 1.165) is 30.5 Å². The SMILES string of the molecule is COCc1cccc(NC2CCCC2S(C)(=O)=O)c1. The van der Waals surface area contributed by atoms with Gasteiger partial charge in [0.25, 0.3) is 0 Å². The van der Waals surface area contributed by atoms with E-state index in [1.807, 2.05) is 24.3 Å². The van der Waals surface area contributed by atoms with Gasteiger partial charge in [-0.25, -0.2) is 8.42 Å². The lowest BCUT2D eigenvalue weighted by Gasteiger charge is -2.21. The molecule has 0 aliphatic heterocycles. The summed E-state index contributed by atoms with van der Waals surface area (Å²) in [5.41, 5.74) is 2.05. The molecule has 1 aliphatic carbocycles. The molecule has 106 valence electrons. The van der Waals surface area contributed by atoms with Crippen LogP contribution in [-0.2, 0) is 21.2 Å². The fourth-order valence-corrected chi connectivity index (χ4v) is 4.13. The summed E-state index contributed by atoms with van der Waals surface area (Å²) in [6, 6.07) is 7.96. The summed E-state index contributed by atoms with van der Waals surface area (Å²) in [6.45, 7) is 0.565. The average Bonchev–Trinajstić information content (AvgIpc) is 2.78. The second-order valence-corrected chi connectivity index (χ2v) is 7.45. The molecule has 4 nitrogen and oxygen atoms in total. The van der Waals surface area contributed by atoms with E-state index in [1.165, 1.54) is 6.26 Å². The Morgan fingerprint density at radius 1 is 1.37 bits per heavy atom. The highest BCUT2D eigenvalue weighted by atomic mass is 32.2. The van der Waals surface area contributed by atoms with Gasteiger partial charge in [0.05, 0.1) is 11.9 Å². The molecule has 0 aromatic heterocycles. The van der Waals surface area contributed by atoms with Gasteiger partial charge in [0.15, 0.2) is 9.84 Å². The summed E-state index contributed by atoms with van der Waals surface area (Å²) in [5.74, 6) is 0. The van der Waals surface area contributed by atoms with Crippen LogP contribution in [0.15, 0.2) is 24.3 Å². The normalized spacial score (nSPS) is 23.5. The molecular formula is C14H21NO3S. The molecule has 1 aromatic carbocycles. The smallest absolute Gasteiger partial charge is 0.152 e. The van der Waals surface area contributed by atoms with Gasteiger partial charge in [-0.15, -0.1) is 0 Å². The Hall–Kier alpha value is -1.07. The molecule has 2 atom stereocenters. The molecule has 1 aliphatic rings. The first kappa shape index (κ1) is 14.3. The topological polar surface area (TPSA) is 55.4 Å². The highest BCUT2D eigenvalue weighted by Crippen LogP contribution is 2.28. The average molecular weight is 283 g/mol. The van der Waals surface area contributed by atoms with Gasteiger partial charge in [-0.05, 0) is 37.0 Å². The van der Waals surface area contributed by atoms with Crippen LogP contribution in [0.5, 0.6) is 0 Å². The van der Waals surface area contributed by atoms with Crippen molar-refractivity contribution < 1.29 is 13.2 Å². The molecule has 0 bridgehead atoms. The minimum absolute atomic E-state index is 0.0211. The molecule has 1 aromatic rings. The van der Waals surface area contributed by atoms with E-state index < -0.39 is 9.84 Å². The van der Waals surface area contributed by atoms with Crippen molar-refractivity contribution in [3.8, 4) is 0 Å². The number of ether oxygens (including phenoxy) is 1. The number of rotatable bonds is 5. The van der Waals surface area contributed by atoms with Crippen LogP contribution in [0.2, 0.25) is 0 Å². The molecular weight excluding hydrogens is 262 g/mol. The fourth-order valence-electron chi connectivity index (χ4n) is 2.74. The second-order valence-electron chi connectivity index (χ2n) is 5.18. The predicted octanol–water partition coefficient (Wildman–Crippen LogP) is 2.21. The number of hydrogen-bond acceptors (Lipinski definition) is 4. The summed E-state index contributed by atoms with van der Waals surface area (Å²) in [4.78, 5) is 0. The summed E-state index contributed by atoms with van der Waals surface area (Å²) < 4.78 is 28.6. The summed E-state index contributed by atoms with van der Waals surface area (Å²) in [5, 5.41) is 3.10. The molecule has 1 N–H and O–H groups in total. The Bertz CT molecular complexity index is 527. The van der Waals surface area contributed by atoms with Crippen LogP contribution in [0.1, 0.15) is 24.8 Å². The first-order chi connectivity index (χ1) is 9.00. The standard InChI is InChI=1S/C14H21NO3S/c1-18-10-11-5-3-6-12(9-11)15-13-7-4-8-14(13)19(2,16)17/h3,5-6,9,13-15H,4,7-8,10H2,1-2H3. The Balaban J connectivity index is 2.10. The third-order valence-corrected chi connectivity index (χ3v) is 5.26. The van der Waals surface area contributed by atoms with E-state index >= 15 is 0 Å². The van der Waals surface area contributed by atoms with E-state index in [1.54, 1.807) is 7.11 Å². The van der Waals surface area contributed by atoms with Crippen molar-refractivity contribution in [2.24, 2.45) is 0 Å². The van der Waals surface area contributed by atoms with Crippen molar-refractivity contribution in [1.29, 1.82) is 0 Å². The van der Waals surface area contributed by atoms with Crippen LogP contribution >= 0.6 is 0 Å². The first-order valence-corrected chi connectivity index (χ1v) is 8.49. The maximum Gasteiger partial charge on any atom is 0.152 e. The largest absolute Gasteiger partial charge is 0.381 e. The molecule has 0 saturated heterocycles. The molecule has 2 unspecified atom stereocenters. The minimum atomic E-state index is -2.98. The zero-order valence-corrected chi connectivity index (χ0v) is 12.2. The van der Waals surface area contributed by atoms with Crippen LogP contribution < -0.4 is 5.32 Å². The lowest BCUT2D eigenvalue weighted by atomic mass is 10.2. The van der Waals surface area contributed by atoms with Gasteiger partial charge in [-0.3, -0.25) is 0 Å². The predicted molar refractivity (Wildman–Crippen MR) is 77.0 cm³/mol. The Labute approximate surface area is 115 Å². The van der Waals surface area contributed by atoms with Gasteiger partial charge in [0, 0.05) is 25.1 Å². The molecule has 1 saturated carbocycles. The van der Waals surface area contributed by atoms with Crippen LogP contribution in [0, 0.1) is 0 Å². The third kappa shape index (κ3) is 3.70. The van der Waals surface area contributed by atoms with Crippen molar-refractivity contribution in [3.05, 3.63) is 29.8 Å². The zero-order chi connectivity index (χ0) is 13.9. The summed E-state index contributed by atoms with van der Waals surface area (Å²) in [6.07, 6.45) is 3.96. The monoisotopic (exact) mass is 283 g/mol. The third-order valence-electron chi connectivity index (χ3n) is 3.59.